The molecule has 0 saturated carbocycles. The fraction of sp³-hybridized carbons (Fsp3) is 0.385. The smallest absolute Gasteiger partial charge is 0.265 e. The van der Waals surface area contributed by atoms with Gasteiger partial charge in [0.15, 0.2) is 11.9 Å². The van der Waals surface area contributed by atoms with Gasteiger partial charge in [0.25, 0.3) is 5.91 Å². The maximum atomic E-state index is 11.9. The van der Waals surface area contributed by atoms with E-state index in [4.69, 9.17) is 10.5 Å². The third-order valence-corrected chi connectivity index (χ3v) is 2.97. The molecule has 1 aromatic rings. The zero-order chi connectivity index (χ0) is 13.3. The van der Waals surface area contributed by atoms with Gasteiger partial charge in [0.1, 0.15) is 5.75 Å². The Morgan fingerprint density at radius 2 is 2.28 bits per heavy atom. The Balaban J connectivity index is 2.30. The molecule has 96 valence electrons. The summed E-state index contributed by atoms with van der Waals surface area (Å²) in [5.74, 6) is 0.226. The van der Waals surface area contributed by atoms with Crippen molar-refractivity contribution in [3.8, 4) is 5.75 Å². The standard InChI is InChI=1S/C13H16N2O3/c1-3-9(14)12(16)8-4-5-11-10(6-8)15-13(17)7(2)18-11/h4-7,9H,3,14H2,1-2H3,(H,15,17). The van der Waals surface area contributed by atoms with Gasteiger partial charge in [-0.25, -0.2) is 0 Å². The van der Waals surface area contributed by atoms with E-state index in [1.807, 2.05) is 6.92 Å². The second-order valence-electron chi connectivity index (χ2n) is 4.34. The van der Waals surface area contributed by atoms with E-state index in [1.165, 1.54) is 0 Å². The Bertz CT molecular complexity index is 499. The number of hydrogen-bond donors (Lipinski definition) is 2. The summed E-state index contributed by atoms with van der Waals surface area (Å²) in [4.78, 5) is 23.4. The van der Waals surface area contributed by atoms with Crippen molar-refractivity contribution in [2.75, 3.05) is 5.32 Å². The first kappa shape index (κ1) is 12.6. The number of amides is 1. The first-order chi connectivity index (χ1) is 8.52. The number of Topliss-reactive ketones (excluding diaryl/α,β-unsaturated/α-hetero) is 1. The van der Waals surface area contributed by atoms with Crippen LogP contribution in [0.1, 0.15) is 30.6 Å². The quantitative estimate of drug-likeness (QED) is 0.790. The molecule has 0 spiro atoms. The van der Waals surface area contributed by atoms with Gasteiger partial charge in [0, 0.05) is 5.56 Å². The number of rotatable bonds is 3. The average Bonchev–Trinajstić information content (AvgIpc) is 2.37. The van der Waals surface area contributed by atoms with Crippen molar-refractivity contribution in [2.45, 2.75) is 32.4 Å². The number of carbonyl (C=O) groups is 2. The number of anilines is 1. The molecule has 3 N–H and O–H groups in total. The lowest BCUT2D eigenvalue weighted by Crippen LogP contribution is -2.35. The minimum absolute atomic E-state index is 0.131. The van der Waals surface area contributed by atoms with Gasteiger partial charge in [-0.05, 0) is 31.5 Å². The van der Waals surface area contributed by atoms with Crippen LogP contribution in [0.15, 0.2) is 18.2 Å². The highest BCUT2D eigenvalue weighted by Gasteiger charge is 2.24. The lowest BCUT2D eigenvalue weighted by Gasteiger charge is -2.23. The van der Waals surface area contributed by atoms with Crippen LogP contribution in [0.5, 0.6) is 5.75 Å². The lowest BCUT2D eigenvalue weighted by molar-refractivity contribution is -0.122. The Hall–Kier alpha value is -1.88. The summed E-state index contributed by atoms with van der Waals surface area (Å²) in [7, 11) is 0. The van der Waals surface area contributed by atoms with Crippen molar-refractivity contribution in [3.05, 3.63) is 23.8 Å². The monoisotopic (exact) mass is 248 g/mol. The van der Waals surface area contributed by atoms with Gasteiger partial charge in [-0.3, -0.25) is 9.59 Å². The third kappa shape index (κ3) is 2.22. The molecule has 5 heteroatoms. The van der Waals surface area contributed by atoms with Crippen LogP contribution < -0.4 is 15.8 Å². The predicted octanol–water partition coefficient (Wildman–Crippen LogP) is 1.33. The van der Waals surface area contributed by atoms with Crippen LogP contribution in [-0.2, 0) is 4.79 Å². The van der Waals surface area contributed by atoms with Crippen LogP contribution in [-0.4, -0.2) is 23.8 Å². The van der Waals surface area contributed by atoms with Gasteiger partial charge in [0.2, 0.25) is 0 Å². The van der Waals surface area contributed by atoms with Crippen molar-refractivity contribution in [1.82, 2.24) is 0 Å². The molecule has 1 amide bonds. The molecule has 18 heavy (non-hydrogen) atoms. The first-order valence-electron chi connectivity index (χ1n) is 5.94. The molecule has 0 aliphatic carbocycles. The maximum absolute atomic E-state index is 11.9. The van der Waals surface area contributed by atoms with Crippen LogP contribution >= 0.6 is 0 Å². The molecule has 1 aromatic carbocycles. The molecule has 1 aliphatic rings. The van der Waals surface area contributed by atoms with E-state index in [-0.39, 0.29) is 11.7 Å². The highest BCUT2D eigenvalue weighted by atomic mass is 16.5. The highest BCUT2D eigenvalue weighted by Crippen LogP contribution is 2.30. The van der Waals surface area contributed by atoms with Crippen molar-refractivity contribution in [1.29, 1.82) is 0 Å². The van der Waals surface area contributed by atoms with Crippen LogP contribution in [0.3, 0.4) is 0 Å². The van der Waals surface area contributed by atoms with E-state index in [0.717, 1.165) is 0 Å². The molecule has 0 aromatic heterocycles. The topological polar surface area (TPSA) is 81.4 Å². The van der Waals surface area contributed by atoms with Crippen LogP contribution in [0, 0.1) is 0 Å². The predicted molar refractivity (Wildman–Crippen MR) is 67.8 cm³/mol. The van der Waals surface area contributed by atoms with Gasteiger partial charge in [-0.15, -0.1) is 0 Å². The van der Waals surface area contributed by atoms with Crippen molar-refractivity contribution in [2.24, 2.45) is 5.73 Å². The van der Waals surface area contributed by atoms with Gasteiger partial charge >= 0.3 is 0 Å². The highest BCUT2D eigenvalue weighted by molar-refractivity contribution is 6.03. The van der Waals surface area contributed by atoms with E-state index in [1.54, 1.807) is 25.1 Å². The summed E-state index contributed by atoms with van der Waals surface area (Å²) >= 11 is 0. The molecule has 5 nitrogen and oxygen atoms in total. The van der Waals surface area contributed by atoms with E-state index >= 15 is 0 Å². The number of carbonyl (C=O) groups excluding carboxylic acids is 2. The molecular weight excluding hydrogens is 232 g/mol. The largest absolute Gasteiger partial charge is 0.479 e. The molecule has 0 bridgehead atoms. The zero-order valence-corrected chi connectivity index (χ0v) is 10.4. The molecule has 2 rings (SSSR count). The molecular formula is C13H16N2O3. The van der Waals surface area contributed by atoms with Gasteiger partial charge < -0.3 is 15.8 Å². The number of ketones is 1. The number of nitrogens with one attached hydrogen (secondary N) is 1. The Kier molecular flexibility index (Phi) is 3.34. The van der Waals surface area contributed by atoms with E-state index < -0.39 is 12.1 Å². The molecule has 2 atom stereocenters. The number of nitrogens with two attached hydrogens (primary N) is 1. The number of ether oxygens (including phenoxy) is 1. The van der Waals surface area contributed by atoms with Crippen LogP contribution in [0.4, 0.5) is 5.69 Å². The number of benzene rings is 1. The van der Waals surface area contributed by atoms with Gasteiger partial charge in [-0.2, -0.15) is 0 Å². The summed E-state index contributed by atoms with van der Waals surface area (Å²) in [5.41, 5.74) is 6.71. The lowest BCUT2D eigenvalue weighted by atomic mass is 10.0. The van der Waals surface area contributed by atoms with E-state index in [0.29, 0.717) is 23.4 Å². The fourth-order valence-electron chi connectivity index (χ4n) is 1.76. The Morgan fingerprint density at radius 1 is 1.56 bits per heavy atom. The average molecular weight is 248 g/mol. The molecule has 0 saturated heterocycles. The summed E-state index contributed by atoms with van der Waals surface area (Å²) in [6, 6.07) is 4.45. The fourth-order valence-corrected chi connectivity index (χ4v) is 1.76. The Morgan fingerprint density at radius 3 is 2.94 bits per heavy atom. The summed E-state index contributed by atoms with van der Waals surface area (Å²) in [5, 5.41) is 2.70. The third-order valence-electron chi connectivity index (χ3n) is 2.97. The van der Waals surface area contributed by atoms with E-state index in [2.05, 4.69) is 5.32 Å². The summed E-state index contributed by atoms with van der Waals surface area (Å²) in [6.45, 7) is 3.53. The van der Waals surface area contributed by atoms with Crippen molar-refractivity contribution < 1.29 is 14.3 Å². The van der Waals surface area contributed by atoms with Crippen LogP contribution in [0.2, 0.25) is 0 Å². The SMILES string of the molecule is CCC(N)C(=O)c1ccc2c(c1)NC(=O)C(C)O2. The first-order valence-corrected chi connectivity index (χ1v) is 5.94. The Labute approximate surface area is 105 Å². The second kappa shape index (κ2) is 4.78. The number of fused-ring (bicyclic) bond motifs is 1. The maximum Gasteiger partial charge on any atom is 0.265 e. The van der Waals surface area contributed by atoms with E-state index in [9.17, 15) is 9.59 Å². The van der Waals surface area contributed by atoms with Gasteiger partial charge in [-0.1, -0.05) is 6.92 Å². The molecule has 2 unspecified atom stereocenters. The van der Waals surface area contributed by atoms with Gasteiger partial charge in [0.05, 0.1) is 11.7 Å². The molecule has 0 fully saturated rings. The second-order valence-corrected chi connectivity index (χ2v) is 4.34. The minimum Gasteiger partial charge on any atom is -0.479 e. The molecule has 0 radical (unpaired) electrons. The van der Waals surface area contributed by atoms with Crippen molar-refractivity contribution >= 4 is 17.4 Å². The normalized spacial score (nSPS) is 19.5. The number of hydrogen-bond acceptors (Lipinski definition) is 4. The summed E-state index contributed by atoms with van der Waals surface area (Å²) < 4.78 is 5.41. The molecule has 1 aliphatic heterocycles. The van der Waals surface area contributed by atoms with Crippen molar-refractivity contribution in [3.63, 3.8) is 0 Å². The minimum atomic E-state index is -0.517. The zero-order valence-electron chi connectivity index (χ0n) is 10.4. The molecule has 1 heterocycles. The van der Waals surface area contributed by atoms with Crippen LogP contribution in [0.25, 0.3) is 0 Å². The summed E-state index contributed by atoms with van der Waals surface area (Å²) in [6.07, 6.45) is 0.0625.